The smallest absolute Gasteiger partial charge is 0.310 e. The number of imidazole rings is 1. The van der Waals surface area contributed by atoms with Gasteiger partial charge in [0.2, 0.25) is 0 Å². The van der Waals surface area contributed by atoms with E-state index in [4.69, 9.17) is 9.47 Å². The van der Waals surface area contributed by atoms with Crippen molar-refractivity contribution in [3.63, 3.8) is 0 Å². The summed E-state index contributed by atoms with van der Waals surface area (Å²) in [5.41, 5.74) is 0.844. The monoisotopic (exact) mass is 310 g/mol. The second kappa shape index (κ2) is 9.02. The van der Waals surface area contributed by atoms with Gasteiger partial charge in [-0.1, -0.05) is 18.2 Å². The summed E-state index contributed by atoms with van der Waals surface area (Å²) >= 11 is 0. The second-order valence-electron chi connectivity index (χ2n) is 4.24. The van der Waals surface area contributed by atoms with Crippen LogP contribution in [0.15, 0.2) is 43.0 Å². The fourth-order valence-electron chi connectivity index (χ4n) is 1.84. The summed E-state index contributed by atoms with van der Waals surface area (Å²) in [7, 11) is 0. The zero-order chi connectivity index (χ0) is 14.2. The average molecular weight is 311 g/mol. The molecule has 0 saturated heterocycles. The predicted molar refractivity (Wildman–Crippen MR) is 81.7 cm³/mol. The van der Waals surface area contributed by atoms with Crippen molar-refractivity contribution in [2.24, 2.45) is 0 Å². The number of para-hydroxylation sites is 1. The molecule has 2 rings (SSSR count). The van der Waals surface area contributed by atoms with Crippen molar-refractivity contribution in [2.75, 3.05) is 13.2 Å². The zero-order valence-corrected chi connectivity index (χ0v) is 12.7. The molecule has 114 valence electrons. The van der Waals surface area contributed by atoms with Gasteiger partial charge in [-0.2, -0.15) is 0 Å². The largest absolute Gasteiger partial charge is 0.491 e. The second-order valence-corrected chi connectivity index (χ2v) is 4.24. The molecule has 0 atom stereocenters. The Morgan fingerprint density at radius 1 is 1.33 bits per heavy atom. The lowest BCUT2D eigenvalue weighted by Gasteiger charge is -2.11. The van der Waals surface area contributed by atoms with Crippen LogP contribution in [-0.4, -0.2) is 28.7 Å². The molecule has 0 saturated carbocycles. The molecule has 0 aliphatic heterocycles. The van der Waals surface area contributed by atoms with Crippen molar-refractivity contribution in [2.45, 2.75) is 19.9 Å². The molecule has 0 N–H and O–H groups in total. The van der Waals surface area contributed by atoms with E-state index >= 15 is 0 Å². The number of rotatable bonds is 7. The number of nitrogens with zero attached hydrogens (tertiary/aromatic N) is 2. The molecule has 21 heavy (non-hydrogen) atoms. The van der Waals surface area contributed by atoms with Crippen LogP contribution in [-0.2, 0) is 22.5 Å². The van der Waals surface area contributed by atoms with Gasteiger partial charge in [0.05, 0.1) is 25.9 Å². The fraction of sp³-hybridized carbons (Fsp3) is 0.333. The molecular formula is C15H19ClN2O3. The third kappa shape index (κ3) is 5.47. The van der Waals surface area contributed by atoms with Gasteiger partial charge >= 0.3 is 5.97 Å². The van der Waals surface area contributed by atoms with E-state index in [2.05, 4.69) is 4.98 Å². The Hall–Kier alpha value is -2.01. The van der Waals surface area contributed by atoms with Gasteiger partial charge in [0, 0.05) is 18.0 Å². The molecule has 1 aromatic heterocycles. The standard InChI is InChI=1S/C15H18N2O3.ClH/c1-2-19-15(18)11-13-5-3-4-6-14(13)20-10-9-17-8-7-16-12-17;/h3-8,12H,2,9-11H2,1H3;1H. The predicted octanol–water partition coefficient (Wildman–Crippen LogP) is 2.49. The summed E-state index contributed by atoms with van der Waals surface area (Å²) in [5, 5.41) is 0. The Kier molecular flexibility index (Phi) is 7.32. The first-order chi connectivity index (χ1) is 9.79. The Balaban J connectivity index is 0.00000220. The lowest BCUT2D eigenvalue weighted by molar-refractivity contribution is -0.142. The number of esters is 1. The highest BCUT2D eigenvalue weighted by Crippen LogP contribution is 2.19. The van der Waals surface area contributed by atoms with Crippen LogP contribution in [0.1, 0.15) is 12.5 Å². The number of hydrogen-bond donors (Lipinski definition) is 0. The Labute approximate surface area is 130 Å². The molecular weight excluding hydrogens is 292 g/mol. The van der Waals surface area contributed by atoms with Crippen molar-refractivity contribution in [1.29, 1.82) is 0 Å². The summed E-state index contributed by atoms with van der Waals surface area (Å²) in [4.78, 5) is 15.5. The van der Waals surface area contributed by atoms with E-state index in [-0.39, 0.29) is 24.8 Å². The van der Waals surface area contributed by atoms with Gasteiger partial charge in [-0.05, 0) is 13.0 Å². The molecule has 1 heterocycles. The van der Waals surface area contributed by atoms with Crippen molar-refractivity contribution in [3.8, 4) is 5.75 Å². The van der Waals surface area contributed by atoms with Gasteiger partial charge in [-0.25, -0.2) is 4.98 Å². The van der Waals surface area contributed by atoms with Crippen molar-refractivity contribution in [3.05, 3.63) is 48.5 Å². The molecule has 0 bridgehead atoms. The number of carbonyl (C=O) groups is 1. The third-order valence-corrected chi connectivity index (χ3v) is 2.78. The Bertz CT molecular complexity index is 544. The number of benzene rings is 1. The van der Waals surface area contributed by atoms with Gasteiger partial charge in [0.25, 0.3) is 0 Å². The quantitative estimate of drug-likeness (QED) is 0.737. The van der Waals surface area contributed by atoms with Crippen molar-refractivity contribution < 1.29 is 14.3 Å². The van der Waals surface area contributed by atoms with Crippen LogP contribution in [0.2, 0.25) is 0 Å². The minimum Gasteiger partial charge on any atom is -0.491 e. The maximum atomic E-state index is 11.5. The molecule has 0 aliphatic carbocycles. The van der Waals surface area contributed by atoms with E-state index in [0.717, 1.165) is 11.3 Å². The maximum absolute atomic E-state index is 11.5. The van der Waals surface area contributed by atoms with E-state index in [0.29, 0.717) is 19.8 Å². The van der Waals surface area contributed by atoms with E-state index in [1.54, 1.807) is 19.4 Å². The average Bonchev–Trinajstić information content (AvgIpc) is 2.94. The summed E-state index contributed by atoms with van der Waals surface area (Å²) in [6, 6.07) is 7.52. The SMILES string of the molecule is CCOC(=O)Cc1ccccc1OCCn1ccnc1.Cl. The van der Waals surface area contributed by atoms with Crippen LogP contribution in [0.3, 0.4) is 0 Å². The van der Waals surface area contributed by atoms with Crippen LogP contribution in [0.5, 0.6) is 5.75 Å². The highest BCUT2D eigenvalue weighted by Gasteiger charge is 2.09. The van der Waals surface area contributed by atoms with Gasteiger partial charge < -0.3 is 14.0 Å². The van der Waals surface area contributed by atoms with Gasteiger partial charge in [-0.3, -0.25) is 4.79 Å². The van der Waals surface area contributed by atoms with Crippen LogP contribution in [0, 0.1) is 0 Å². The zero-order valence-electron chi connectivity index (χ0n) is 11.9. The van der Waals surface area contributed by atoms with Crippen LogP contribution < -0.4 is 4.74 Å². The van der Waals surface area contributed by atoms with Crippen LogP contribution in [0.25, 0.3) is 0 Å². The Morgan fingerprint density at radius 3 is 2.86 bits per heavy atom. The topological polar surface area (TPSA) is 53.4 Å². The van der Waals surface area contributed by atoms with E-state index in [9.17, 15) is 4.79 Å². The lowest BCUT2D eigenvalue weighted by Crippen LogP contribution is -2.11. The molecule has 1 aromatic carbocycles. The Morgan fingerprint density at radius 2 is 2.14 bits per heavy atom. The molecule has 0 aliphatic rings. The highest BCUT2D eigenvalue weighted by atomic mass is 35.5. The minimum atomic E-state index is -0.238. The lowest BCUT2D eigenvalue weighted by atomic mass is 10.1. The van der Waals surface area contributed by atoms with Crippen molar-refractivity contribution in [1.82, 2.24) is 9.55 Å². The summed E-state index contributed by atoms with van der Waals surface area (Å²) in [6.45, 7) is 3.43. The molecule has 0 spiro atoms. The fourth-order valence-corrected chi connectivity index (χ4v) is 1.84. The van der Waals surface area contributed by atoms with E-state index < -0.39 is 0 Å². The summed E-state index contributed by atoms with van der Waals surface area (Å²) < 4.78 is 12.6. The third-order valence-electron chi connectivity index (χ3n) is 2.78. The molecule has 5 nitrogen and oxygen atoms in total. The normalized spacial score (nSPS) is 9.76. The highest BCUT2D eigenvalue weighted by molar-refractivity contribution is 5.85. The van der Waals surface area contributed by atoms with Crippen LogP contribution >= 0.6 is 12.4 Å². The van der Waals surface area contributed by atoms with E-state index in [1.165, 1.54) is 0 Å². The first-order valence-electron chi connectivity index (χ1n) is 6.61. The summed E-state index contributed by atoms with van der Waals surface area (Å²) in [5.74, 6) is 0.485. The van der Waals surface area contributed by atoms with E-state index in [1.807, 2.05) is 35.0 Å². The first-order valence-corrected chi connectivity index (χ1v) is 6.61. The number of aromatic nitrogens is 2. The number of ether oxygens (including phenoxy) is 2. The number of carbonyl (C=O) groups excluding carboxylic acids is 1. The first kappa shape index (κ1) is 17.0. The van der Waals surface area contributed by atoms with Gasteiger partial charge in [-0.15, -0.1) is 12.4 Å². The molecule has 2 aromatic rings. The van der Waals surface area contributed by atoms with Crippen LogP contribution in [0.4, 0.5) is 0 Å². The molecule has 0 unspecified atom stereocenters. The molecule has 0 fully saturated rings. The van der Waals surface area contributed by atoms with Gasteiger partial charge in [0.1, 0.15) is 12.4 Å². The molecule has 0 radical (unpaired) electrons. The number of halogens is 1. The summed E-state index contributed by atoms with van der Waals surface area (Å²) in [6.07, 6.45) is 5.59. The molecule has 0 amide bonds. The minimum absolute atomic E-state index is 0. The van der Waals surface area contributed by atoms with Gasteiger partial charge in [0.15, 0.2) is 0 Å². The molecule has 6 heteroatoms. The number of hydrogen-bond acceptors (Lipinski definition) is 4. The maximum Gasteiger partial charge on any atom is 0.310 e. The van der Waals surface area contributed by atoms with Crippen molar-refractivity contribution >= 4 is 18.4 Å².